The topological polar surface area (TPSA) is 70.1 Å². The van der Waals surface area contributed by atoms with Crippen molar-refractivity contribution in [2.75, 3.05) is 6.61 Å². The Bertz CT molecular complexity index is 976. The van der Waals surface area contributed by atoms with Crippen LogP contribution in [0, 0.1) is 12.8 Å². The van der Waals surface area contributed by atoms with Crippen molar-refractivity contribution in [1.29, 1.82) is 0 Å². The maximum absolute atomic E-state index is 12.6. The van der Waals surface area contributed by atoms with E-state index in [4.69, 9.17) is 10.5 Å². The lowest BCUT2D eigenvalue weighted by molar-refractivity contribution is 0.270. The smallest absolute Gasteiger partial charge is 0.260 e. The Balaban J connectivity index is 2.06. The average Bonchev–Trinajstić information content (AvgIpc) is 2.57. The lowest BCUT2D eigenvalue weighted by atomic mass is 10.0. The quantitative estimate of drug-likeness (QED) is 0.725. The predicted molar refractivity (Wildman–Crippen MR) is 102 cm³/mol. The summed E-state index contributed by atoms with van der Waals surface area (Å²) in [5.74, 6) is 1.31. The van der Waals surface area contributed by atoms with Gasteiger partial charge < -0.3 is 15.0 Å². The van der Waals surface area contributed by atoms with Gasteiger partial charge in [-0.2, -0.15) is 0 Å². The summed E-state index contributed by atoms with van der Waals surface area (Å²) in [6.45, 7) is 6.78. The highest BCUT2D eigenvalue weighted by molar-refractivity contribution is 6.05. The fourth-order valence-electron chi connectivity index (χ4n) is 3.29. The Hall–Kier alpha value is -2.40. The minimum atomic E-state index is -0.0538. The normalized spacial score (nSPS) is 12.9. The molecule has 0 aliphatic heterocycles. The van der Waals surface area contributed by atoms with Crippen LogP contribution in [0.2, 0.25) is 0 Å². The Kier molecular flexibility index (Phi) is 4.77. The van der Waals surface area contributed by atoms with Gasteiger partial charge in [0.1, 0.15) is 12.4 Å². The molecule has 1 unspecified atom stereocenters. The molecule has 0 amide bonds. The first-order chi connectivity index (χ1) is 11.9. The molecule has 5 nitrogen and oxygen atoms in total. The highest BCUT2D eigenvalue weighted by Crippen LogP contribution is 2.29. The summed E-state index contributed by atoms with van der Waals surface area (Å²) in [7, 11) is 1.78. The fraction of sp³-hybridized carbons (Fsp3) is 0.400. The first-order valence-corrected chi connectivity index (χ1v) is 8.64. The van der Waals surface area contributed by atoms with E-state index in [9.17, 15) is 4.79 Å². The van der Waals surface area contributed by atoms with E-state index in [1.54, 1.807) is 24.0 Å². The van der Waals surface area contributed by atoms with Crippen LogP contribution < -0.4 is 16.0 Å². The second-order valence-corrected chi connectivity index (χ2v) is 7.12. The van der Waals surface area contributed by atoms with Crippen molar-refractivity contribution in [2.24, 2.45) is 18.7 Å². The molecule has 3 aromatic rings. The summed E-state index contributed by atoms with van der Waals surface area (Å²) in [5.41, 5.74) is 7.95. The third-order valence-corrected chi connectivity index (χ3v) is 4.53. The van der Waals surface area contributed by atoms with E-state index >= 15 is 0 Å². The first-order valence-electron chi connectivity index (χ1n) is 8.64. The Morgan fingerprint density at radius 3 is 2.72 bits per heavy atom. The molecule has 1 aromatic carbocycles. The van der Waals surface area contributed by atoms with Gasteiger partial charge in [0.05, 0.1) is 10.9 Å². The maximum Gasteiger partial charge on any atom is 0.260 e. The molecular weight excluding hydrogens is 314 g/mol. The summed E-state index contributed by atoms with van der Waals surface area (Å²) in [6, 6.07) is 5.90. The van der Waals surface area contributed by atoms with Crippen molar-refractivity contribution < 1.29 is 4.74 Å². The number of hydrogen-bond acceptors (Lipinski definition) is 4. The van der Waals surface area contributed by atoms with E-state index in [1.807, 2.05) is 19.1 Å². The number of pyridine rings is 2. The van der Waals surface area contributed by atoms with E-state index in [1.165, 1.54) is 0 Å². The van der Waals surface area contributed by atoms with Crippen molar-refractivity contribution in [3.63, 3.8) is 0 Å². The van der Waals surface area contributed by atoms with E-state index in [2.05, 4.69) is 24.9 Å². The second-order valence-electron chi connectivity index (χ2n) is 7.12. The summed E-state index contributed by atoms with van der Waals surface area (Å²) in [6.07, 6.45) is 4.26. The van der Waals surface area contributed by atoms with E-state index in [0.29, 0.717) is 17.9 Å². The molecule has 2 aromatic heterocycles. The zero-order valence-electron chi connectivity index (χ0n) is 15.2. The van der Waals surface area contributed by atoms with Crippen LogP contribution in [0.4, 0.5) is 0 Å². The van der Waals surface area contributed by atoms with Gasteiger partial charge in [-0.1, -0.05) is 13.8 Å². The molecule has 132 valence electrons. The first kappa shape index (κ1) is 17.4. The number of aryl methyl sites for hydroxylation is 2. The molecule has 2 N–H and O–H groups in total. The summed E-state index contributed by atoms with van der Waals surface area (Å²) < 4.78 is 7.61. The monoisotopic (exact) mass is 339 g/mol. The van der Waals surface area contributed by atoms with E-state index < -0.39 is 0 Å². The van der Waals surface area contributed by atoms with Gasteiger partial charge in [-0.05, 0) is 42.3 Å². The fourth-order valence-corrected chi connectivity index (χ4v) is 3.29. The van der Waals surface area contributed by atoms with Crippen LogP contribution in [-0.4, -0.2) is 22.2 Å². The molecule has 0 radical (unpaired) electrons. The predicted octanol–water partition coefficient (Wildman–Crippen LogP) is 3.15. The number of fused-ring (bicyclic) bond motifs is 3. The van der Waals surface area contributed by atoms with Gasteiger partial charge in [0.15, 0.2) is 0 Å². The van der Waals surface area contributed by atoms with Crippen LogP contribution in [0.1, 0.15) is 25.8 Å². The number of hydrogen-bond donors (Lipinski definition) is 1. The molecule has 0 fully saturated rings. The van der Waals surface area contributed by atoms with Crippen molar-refractivity contribution in [1.82, 2.24) is 9.55 Å². The molecular formula is C20H25N3O2. The molecule has 25 heavy (non-hydrogen) atoms. The van der Waals surface area contributed by atoms with Crippen molar-refractivity contribution >= 4 is 21.7 Å². The summed E-state index contributed by atoms with van der Waals surface area (Å²) in [5, 5.41) is 2.57. The number of rotatable bonds is 5. The third kappa shape index (κ3) is 3.37. The Morgan fingerprint density at radius 2 is 2.00 bits per heavy atom. The number of benzene rings is 1. The molecule has 5 heteroatoms. The number of aromatic nitrogens is 2. The molecule has 0 bridgehead atoms. The molecule has 0 aliphatic carbocycles. The van der Waals surface area contributed by atoms with Gasteiger partial charge in [-0.3, -0.25) is 9.78 Å². The van der Waals surface area contributed by atoms with Gasteiger partial charge in [-0.15, -0.1) is 0 Å². The van der Waals surface area contributed by atoms with Gasteiger partial charge in [0.2, 0.25) is 0 Å². The third-order valence-electron chi connectivity index (χ3n) is 4.53. The number of nitrogens with zero attached hydrogens (tertiary/aromatic N) is 2. The highest BCUT2D eigenvalue weighted by Gasteiger charge is 2.13. The summed E-state index contributed by atoms with van der Waals surface area (Å²) >= 11 is 0. The average molecular weight is 339 g/mol. The van der Waals surface area contributed by atoms with E-state index in [-0.39, 0.29) is 11.6 Å². The van der Waals surface area contributed by atoms with Crippen LogP contribution >= 0.6 is 0 Å². The lowest BCUT2D eigenvalue weighted by Crippen LogP contribution is -2.29. The SMILES string of the molecule is Cc1cc2c3ccncc3c(=O)n(C)c2cc1OCC(N)CC(C)C. The van der Waals surface area contributed by atoms with Crippen LogP contribution in [0.25, 0.3) is 21.7 Å². The molecule has 0 saturated carbocycles. The number of nitrogens with two attached hydrogens (primary N) is 1. The van der Waals surface area contributed by atoms with Crippen LogP contribution in [0.5, 0.6) is 5.75 Å². The van der Waals surface area contributed by atoms with Crippen molar-refractivity contribution in [3.05, 3.63) is 46.5 Å². The van der Waals surface area contributed by atoms with Gasteiger partial charge in [0.25, 0.3) is 5.56 Å². The van der Waals surface area contributed by atoms with Gasteiger partial charge >= 0.3 is 0 Å². The van der Waals surface area contributed by atoms with Crippen molar-refractivity contribution in [2.45, 2.75) is 33.2 Å². The van der Waals surface area contributed by atoms with E-state index in [0.717, 1.165) is 34.0 Å². The second kappa shape index (κ2) is 6.84. The maximum atomic E-state index is 12.6. The standard InChI is InChI=1S/C20H25N3O2/c1-12(2)7-14(21)11-25-19-9-18-16(8-13(19)3)15-5-6-22-10-17(15)20(24)23(18)4/h5-6,8-10,12,14H,7,11,21H2,1-4H3. The number of ether oxygens (including phenoxy) is 1. The zero-order valence-corrected chi connectivity index (χ0v) is 15.2. The molecule has 2 heterocycles. The lowest BCUT2D eigenvalue weighted by Gasteiger charge is -2.18. The van der Waals surface area contributed by atoms with Crippen molar-refractivity contribution in [3.8, 4) is 5.75 Å². The molecule has 0 spiro atoms. The van der Waals surface area contributed by atoms with Gasteiger partial charge in [-0.25, -0.2) is 0 Å². The minimum absolute atomic E-state index is 0.00148. The van der Waals surface area contributed by atoms with Crippen LogP contribution in [0.3, 0.4) is 0 Å². The molecule has 3 rings (SSSR count). The summed E-state index contributed by atoms with van der Waals surface area (Å²) in [4.78, 5) is 16.7. The molecule has 0 aliphatic rings. The Morgan fingerprint density at radius 1 is 1.24 bits per heavy atom. The Labute approximate surface area is 147 Å². The van der Waals surface area contributed by atoms with Crippen LogP contribution in [0.15, 0.2) is 35.4 Å². The molecule has 0 saturated heterocycles. The zero-order chi connectivity index (χ0) is 18.1. The van der Waals surface area contributed by atoms with Crippen LogP contribution in [-0.2, 0) is 7.05 Å². The largest absolute Gasteiger partial charge is 0.492 e. The molecule has 1 atom stereocenters. The van der Waals surface area contributed by atoms with Gasteiger partial charge in [0, 0.05) is 36.9 Å². The highest BCUT2D eigenvalue weighted by atomic mass is 16.5. The minimum Gasteiger partial charge on any atom is -0.492 e.